The van der Waals surface area contributed by atoms with E-state index in [2.05, 4.69) is 18.3 Å². The summed E-state index contributed by atoms with van der Waals surface area (Å²) in [6.45, 7) is 5.37. The molecule has 0 saturated carbocycles. The van der Waals surface area contributed by atoms with E-state index in [0.29, 0.717) is 11.6 Å². The average Bonchev–Trinajstić information content (AvgIpc) is 2.91. The van der Waals surface area contributed by atoms with Gasteiger partial charge in [-0.2, -0.15) is 0 Å². The largest absolute Gasteiger partial charge is 0.489 e. The summed E-state index contributed by atoms with van der Waals surface area (Å²) in [5.74, 6) is 0.795. The SMILES string of the molecule is CCCNCc1cccc(Cl)c1OCC1CCCO1. The molecule has 1 N–H and O–H groups in total. The smallest absolute Gasteiger partial charge is 0.142 e. The van der Waals surface area contributed by atoms with Gasteiger partial charge in [0.05, 0.1) is 11.1 Å². The number of hydrogen-bond acceptors (Lipinski definition) is 3. The van der Waals surface area contributed by atoms with E-state index in [0.717, 1.165) is 50.3 Å². The summed E-state index contributed by atoms with van der Waals surface area (Å²) in [6, 6.07) is 5.89. The average molecular weight is 284 g/mol. The van der Waals surface area contributed by atoms with Crippen LogP contribution < -0.4 is 10.1 Å². The molecule has 1 aliphatic rings. The number of para-hydroxylation sites is 1. The molecule has 1 aromatic carbocycles. The van der Waals surface area contributed by atoms with Crippen LogP contribution in [-0.4, -0.2) is 25.9 Å². The standard InChI is InChI=1S/C15H22ClNO2/c1-2-8-17-10-12-5-3-7-14(16)15(12)19-11-13-6-4-9-18-13/h3,5,7,13,17H,2,4,6,8-11H2,1H3. The summed E-state index contributed by atoms with van der Waals surface area (Å²) in [5.41, 5.74) is 1.11. The van der Waals surface area contributed by atoms with Gasteiger partial charge in [-0.15, -0.1) is 0 Å². The van der Waals surface area contributed by atoms with E-state index in [1.807, 2.05) is 12.1 Å². The van der Waals surface area contributed by atoms with Gasteiger partial charge < -0.3 is 14.8 Å². The summed E-state index contributed by atoms with van der Waals surface area (Å²) < 4.78 is 11.5. The van der Waals surface area contributed by atoms with Gasteiger partial charge >= 0.3 is 0 Å². The van der Waals surface area contributed by atoms with Crippen molar-refractivity contribution in [2.75, 3.05) is 19.8 Å². The van der Waals surface area contributed by atoms with Crippen LogP contribution in [-0.2, 0) is 11.3 Å². The number of benzene rings is 1. The van der Waals surface area contributed by atoms with Crippen molar-refractivity contribution in [2.24, 2.45) is 0 Å². The zero-order valence-electron chi connectivity index (χ0n) is 11.5. The van der Waals surface area contributed by atoms with Gasteiger partial charge in [-0.3, -0.25) is 0 Å². The van der Waals surface area contributed by atoms with Gasteiger partial charge in [0.1, 0.15) is 12.4 Å². The minimum Gasteiger partial charge on any atom is -0.489 e. The molecule has 1 saturated heterocycles. The number of ether oxygens (including phenoxy) is 2. The fourth-order valence-corrected chi connectivity index (χ4v) is 2.45. The quantitative estimate of drug-likeness (QED) is 0.778. The molecule has 1 unspecified atom stereocenters. The Morgan fingerprint density at radius 3 is 3.11 bits per heavy atom. The second kappa shape index (κ2) is 7.73. The van der Waals surface area contributed by atoms with E-state index in [1.54, 1.807) is 0 Å². The fraction of sp³-hybridized carbons (Fsp3) is 0.600. The first-order valence-corrected chi connectivity index (χ1v) is 7.41. The van der Waals surface area contributed by atoms with Crippen LogP contribution in [0.15, 0.2) is 18.2 Å². The van der Waals surface area contributed by atoms with Crippen molar-refractivity contribution < 1.29 is 9.47 Å². The van der Waals surface area contributed by atoms with E-state index < -0.39 is 0 Å². The van der Waals surface area contributed by atoms with Crippen molar-refractivity contribution >= 4 is 11.6 Å². The number of rotatable bonds is 7. The first-order chi connectivity index (χ1) is 9.31. The maximum Gasteiger partial charge on any atom is 0.142 e. The fourth-order valence-electron chi connectivity index (χ4n) is 2.21. The molecule has 0 radical (unpaired) electrons. The zero-order chi connectivity index (χ0) is 13.5. The van der Waals surface area contributed by atoms with Gasteiger partial charge in [0.2, 0.25) is 0 Å². The Labute approximate surface area is 120 Å². The Morgan fingerprint density at radius 2 is 2.37 bits per heavy atom. The van der Waals surface area contributed by atoms with Crippen molar-refractivity contribution in [1.29, 1.82) is 0 Å². The van der Waals surface area contributed by atoms with E-state index in [1.165, 1.54) is 0 Å². The second-order valence-corrected chi connectivity index (χ2v) is 5.26. The molecule has 1 atom stereocenters. The Morgan fingerprint density at radius 1 is 1.47 bits per heavy atom. The van der Waals surface area contributed by atoms with Crippen molar-refractivity contribution in [3.05, 3.63) is 28.8 Å². The van der Waals surface area contributed by atoms with Gasteiger partial charge in [0.25, 0.3) is 0 Å². The molecule has 3 nitrogen and oxygen atoms in total. The Balaban J connectivity index is 1.95. The minimum atomic E-state index is 0.215. The van der Waals surface area contributed by atoms with Crippen LogP contribution in [0.25, 0.3) is 0 Å². The number of nitrogens with one attached hydrogen (secondary N) is 1. The zero-order valence-corrected chi connectivity index (χ0v) is 12.2. The third-order valence-corrected chi connectivity index (χ3v) is 3.53. The third-order valence-electron chi connectivity index (χ3n) is 3.23. The summed E-state index contributed by atoms with van der Waals surface area (Å²) in [7, 11) is 0. The highest BCUT2D eigenvalue weighted by Crippen LogP contribution is 2.29. The Bertz CT molecular complexity index is 392. The normalized spacial score (nSPS) is 18.7. The molecule has 0 bridgehead atoms. The predicted octanol–water partition coefficient (Wildman–Crippen LogP) is 3.40. The van der Waals surface area contributed by atoms with Crippen LogP contribution >= 0.6 is 11.6 Å². The van der Waals surface area contributed by atoms with Gasteiger partial charge in [-0.1, -0.05) is 30.7 Å². The molecule has 0 spiro atoms. The maximum atomic E-state index is 6.23. The van der Waals surface area contributed by atoms with Crippen molar-refractivity contribution in [1.82, 2.24) is 5.32 Å². The highest BCUT2D eigenvalue weighted by atomic mass is 35.5. The number of hydrogen-bond donors (Lipinski definition) is 1. The van der Waals surface area contributed by atoms with Crippen LogP contribution in [0, 0.1) is 0 Å². The lowest BCUT2D eigenvalue weighted by molar-refractivity contribution is 0.0676. The van der Waals surface area contributed by atoms with Crippen molar-refractivity contribution in [3.63, 3.8) is 0 Å². The van der Waals surface area contributed by atoms with Crippen molar-refractivity contribution in [3.8, 4) is 5.75 Å². The van der Waals surface area contributed by atoms with Gasteiger partial charge in [0.15, 0.2) is 0 Å². The summed E-state index contributed by atoms with van der Waals surface area (Å²) in [5, 5.41) is 4.05. The van der Waals surface area contributed by atoms with Gasteiger partial charge in [0, 0.05) is 18.7 Å². The molecule has 2 rings (SSSR count). The molecule has 19 heavy (non-hydrogen) atoms. The van der Waals surface area contributed by atoms with Gasteiger partial charge in [-0.05, 0) is 31.9 Å². The lowest BCUT2D eigenvalue weighted by atomic mass is 10.2. The van der Waals surface area contributed by atoms with Crippen LogP contribution in [0.2, 0.25) is 5.02 Å². The van der Waals surface area contributed by atoms with Crippen LogP contribution in [0.3, 0.4) is 0 Å². The molecule has 4 heteroatoms. The second-order valence-electron chi connectivity index (χ2n) is 4.85. The topological polar surface area (TPSA) is 30.5 Å². The summed E-state index contributed by atoms with van der Waals surface area (Å²) in [6.07, 6.45) is 3.54. The van der Waals surface area contributed by atoms with Gasteiger partial charge in [-0.25, -0.2) is 0 Å². The first-order valence-electron chi connectivity index (χ1n) is 7.03. The molecular formula is C15H22ClNO2. The lowest BCUT2D eigenvalue weighted by Gasteiger charge is -2.16. The van der Waals surface area contributed by atoms with Crippen LogP contribution in [0.4, 0.5) is 0 Å². The number of halogens is 1. The van der Waals surface area contributed by atoms with Crippen LogP contribution in [0.1, 0.15) is 31.7 Å². The minimum absolute atomic E-state index is 0.215. The summed E-state index contributed by atoms with van der Waals surface area (Å²) in [4.78, 5) is 0. The van der Waals surface area contributed by atoms with E-state index in [9.17, 15) is 0 Å². The van der Waals surface area contributed by atoms with Crippen molar-refractivity contribution in [2.45, 2.75) is 38.8 Å². The highest BCUT2D eigenvalue weighted by Gasteiger charge is 2.17. The predicted molar refractivity (Wildman–Crippen MR) is 77.9 cm³/mol. The Kier molecular flexibility index (Phi) is 5.95. The van der Waals surface area contributed by atoms with E-state index >= 15 is 0 Å². The molecule has 0 aliphatic carbocycles. The molecule has 1 aromatic rings. The molecule has 0 amide bonds. The first kappa shape index (κ1) is 14.6. The lowest BCUT2D eigenvalue weighted by Crippen LogP contribution is -2.19. The monoisotopic (exact) mass is 283 g/mol. The molecule has 1 heterocycles. The molecule has 106 valence electrons. The van der Waals surface area contributed by atoms with E-state index in [-0.39, 0.29) is 6.10 Å². The Hall–Kier alpha value is -0.770. The highest BCUT2D eigenvalue weighted by molar-refractivity contribution is 6.32. The third kappa shape index (κ3) is 4.37. The molecular weight excluding hydrogens is 262 g/mol. The van der Waals surface area contributed by atoms with Crippen LogP contribution in [0.5, 0.6) is 5.75 Å². The maximum absolute atomic E-state index is 6.23. The molecule has 1 fully saturated rings. The molecule has 0 aromatic heterocycles. The summed E-state index contributed by atoms with van der Waals surface area (Å²) >= 11 is 6.23. The molecule has 1 aliphatic heterocycles. The van der Waals surface area contributed by atoms with E-state index in [4.69, 9.17) is 21.1 Å².